The first kappa shape index (κ1) is 16.6. The fourth-order valence-electron chi connectivity index (χ4n) is 2.92. The van der Waals surface area contributed by atoms with Crippen LogP contribution in [-0.4, -0.2) is 39.6 Å². The third-order valence-electron chi connectivity index (χ3n) is 4.09. The number of aromatic nitrogens is 3. The molecule has 1 unspecified atom stereocenters. The number of nitrogens with one attached hydrogen (secondary N) is 1. The molecule has 0 bridgehead atoms. The Hall–Kier alpha value is -2.22. The van der Waals surface area contributed by atoms with Gasteiger partial charge in [0, 0.05) is 44.0 Å². The number of thiazole rings is 1. The highest BCUT2D eigenvalue weighted by Crippen LogP contribution is 2.15. The topological polar surface area (TPSA) is 80.1 Å². The van der Waals surface area contributed by atoms with Gasteiger partial charge in [0.15, 0.2) is 5.82 Å². The third-order valence-corrected chi connectivity index (χ3v) is 4.92. The molecule has 3 rings (SSSR count). The quantitative estimate of drug-likeness (QED) is 0.888. The second-order valence-electron chi connectivity index (χ2n) is 6.05. The van der Waals surface area contributed by atoms with Crippen LogP contribution in [0.15, 0.2) is 22.6 Å². The lowest BCUT2D eigenvalue weighted by Crippen LogP contribution is -2.49. The van der Waals surface area contributed by atoms with Crippen LogP contribution in [0.25, 0.3) is 0 Å². The first-order chi connectivity index (χ1) is 11.5. The molecule has 1 N–H and O–H groups in total. The molecule has 2 aromatic heterocycles. The first-order valence-corrected chi connectivity index (χ1v) is 8.88. The molecule has 0 saturated carbocycles. The number of piperidine rings is 1. The molecule has 1 amide bonds. The van der Waals surface area contributed by atoms with Crippen molar-refractivity contribution in [3.8, 4) is 0 Å². The molecule has 2 aromatic rings. The molecular formula is C16H21N5O2S. The predicted molar refractivity (Wildman–Crippen MR) is 93.4 cm³/mol. The highest BCUT2D eigenvalue weighted by molar-refractivity contribution is 7.09. The van der Waals surface area contributed by atoms with Crippen molar-refractivity contribution in [2.24, 2.45) is 7.05 Å². The number of nitrogens with zero attached hydrogens (tertiary/aromatic N) is 4. The van der Waals surface area contributed by atoms with Crippen LogP contribution in [0.1, 0.15) is 23.5 Å². The highest BCUT2D eigenvalue weighted by atomic mass is 32.1. The lowest BCUT2D eigenvalue weighted by atomic mass is 10.1. The van der Waals surface area contributed by atoms with Crippen LogP contribution >= 0.6 is 11.3 Å². The van der Waals surface area contributed by atoms with Crippen molar-refractivity contribution in [3.05, 3.63) is 38.8 Å². The van der Waals surface area contributed by atoms with E-state index in [9.17, 15) is 9.59 Å². The van der Waals surface area contributed by atoms with Crippen molar-refractivity contribution < 1.29 is 4.79 Å². The smallest absolute Gasteiger partial charge is 0.293 e. The molecule has 128 valence electrons. The largest absolute Gasteiger partial charge is 0.351 e. The van der Waals surface area contributed by atoms with Crippen LogP contribution < -0.4 is 15.8 Å². The Morgan fingerprint density at radius 1 is 1.50 bits per heavy atom. The molecule has 7 nitrogen and oxygen atoms in total. The van der Waals surface area contributed by atoms with Gasteiger partial charge < -0.3 is 14.8 Å². The number of carbonyl (C=O) groups is 1. The molecule has 1 fully saturated rings. The monoisotopic (exact) mass is 347 g/mol. The van der Waals surface area contributed by atoms with Crippen LogP contribution in [0.2, 0.25) is 0 Å². The first-order valence-electron chi connectivity index (χ1n) is 8.00. The zero-order chi connectivity index (χ0) is 17.1. The maximum atomic E-state index is 12.2. The predicted octanol–water partition coefficient (Wildman–Crippen LogP) is 0.873. The van der Waals surface area contributed by atoms with Gasteiger partial charge in [-0.05, 0) is 19.8 Å². The summed E-state index contributed by atoms with van der Waals surface area (Å²) in [6.45, 7) is 3.32. The average molecular weight is 347 g/mol. The summed E-state index contributed by atoms with van der Waals surface area (Å²) in [5, 5.41) is 5.94. The van der Waals surface area contributed by atoms with Crippen molar-refractivity contribution in [1.29, 1.82) is 0 Å². The van der Waals surface area contributed by atoms with Crippen LogP contribution in [0.3, 0.4) is 0 Å². The Balaban J connectivity index is 1.62. The van der Waals surface area contributed by atoms with E-state index in [0.29, 0.717) is 18.8 Å². The van der Waals surface area contributed by atoms with Gasteiger partial charge in [-0.25, -0.2) is 9.97 Å². The van der Waals surface area contributed by atoms with Gasteiger partial charge in [0.25, 0.3) is 5.56 Å². The third kappa shape index (κ3) is 3.81. The normalized spacial score (nSPS) is 17.8. The molecule has 1 atom stereocenters. The number of hydrogen-bond donors (Lipinski definition) is 1. The minimum Gasteiger partial charge on any atom is -0.351 e. The molecule has 1 saturated heterocycles. The molecule has 24 heavy (non-hydrogen) atoms. The molecule has 0 aromatic carbocycles. The number of aryl methyl sites for hydroxylation is 2. The molecule has 8 heteroatoms. The Morgan fingerprint density at radius 2 is 2.33 bits per heavy atom. The van der Waals surface area contributed by atoms with Gasteiger partial charge in [-0.1, -0.05) is 0 Å². The number of carbonyl (C=O) groups excluding carboxylic acids is 1. The molecular weight excluding hydrogens is 326 g/mol. The summed E-state index contributed by atoms with van der Waals surface area (Å²) in [7, 11) is 1.71. The molecule has 0 spiro atoms. The second kappa shape index (κ2) is 7.12. The summed E-state index contributed by atoms with van der Waals surface area (Å²) in [4.78, 5) is 34.9. The van der Waals surface area contributed by atoms with E-state index in [1.807, 2.05) is 17.2 Å². The lowest BCUT2D eigenvalue weighted by Gasteiger charge is -2.33. The zero-order valence-electron chi connectivity index (χ0n) is 13.9. The summed E-state index contributed by atoms with van der Waals surface area (Å²) in [5.74, 6) is 0.426. The van der Waals surface area contributed by atoms with E-state index >= 15 is 0 Å². The van der Waals surface area contributed by atoms with Crippen molar-refractivity contribution in [2.45, 2.75) is 32.2 Å². The summed E-state index contributed by atoms with van der Waals surface area (Å²) < 4.78 is 1.52. The lowest BCUT2D eigenvalue weighted by molar-refractivity contribution is -0.121. The Bertz CT molecular complexity index is 785. The zero-order valence-corrected chi connectivity index (χ0v) is 14.7. The van der Waals surface area contributed by atoms with Crippen LogP contribution in [-0.2, 0) is 18.3 Å². The van der Waals surface area contributed by atoms with Crippen molar-refractivity contribution >= 4 is 23.1 Å². The summed E-state index contributed by atoms with van der Waals surface area (Å²) >= 11 is 1.55. The molecule has 0 radical (unpaired) electrons. The van der Waals surface area contributed by atoms with Crippen molar-refractivity contribution in [3.63, 3.8) is 0 Å². The van der Waals surface area contributed by atoms with E-state index in [1.165, 1.54) is 4.57 Å². The number of hydrogen-bond acceptors (Lipinski definition) is 6. The minimum atomic E-state index is -0.109. The summed E-state index contributed by atoms with van der Waals surface area (Å²) in [6, 6.07) is 0.0256. The van der Waals surface area contributed by atoms with E-state index in [0.717, 1.165) is 30.1 Å². The molecule has 1 aliphatic rings. The summed E-state index contributed by atoms with van der Waals surface area (Å²) in [6.07, 6.45) is 5.40. The molecule has 0 aliphatic carbocycles. The van der Waals surface area contributed by atoms with Crippen molar-refractivity contribution in [1.82, 2.24) is 19.9 Å². The highest BCUT2D eigenvalue weighted by Gasteiger charge is 2.24. The average Bonchev–Trinajstić information content (AvgIpc) is 2.95. The number of amides is 1. The Morgan fingerprint density at radius 3 is 3.08 bits per heavy atom. The second-order valence-corrected chi connectivity index (χ2v) is 7.12. The van der Waals surface area contributed by atoms with Gasteiger partial charge in [0.05, 0.1) is 17.1 Å². The van der Waals surface area contributed by atoms with E-state index in [2.05, 4.69) is 15.3 Å². The number of rotatable bonds is 4. The number of anilines is 1. The van der Waals surface area contributed by atoms with Gasteiger partial charge >= 0.3 is 0 Å². The SMILES string of the molecule is Cc1nc(CC(=O)NC2CCCN(c3nccn(C)c3=O)C2)cs1. The Kier molecular flexibility index (Phi) is 4.94. The fraction of sp³-hybridized carbons (Fsp3) is 0.500. The molecule has 1 aliphatic heterocycles. The molecule has 3 heterocycles. The van der Waals surface area contributed by atoms with Crippen LogP contribution in [0.4, 0.5) is 5.82 Å². The Labute approximate surface area is 144 Å². The van der Waals surface area contributed by atoms with E-state index in [-0.39, 0.29) is 17.5 Å². The van der Waals surface area contributed by atoms with E-state index in [1.54, 1.807) is 30.8 Å². The van der Waals surface area contributed by atoms with E-state index < -0.39 is 0 Å². The van der Waals surface area contributed by atoms with Gasteiger partial charge in [0.2, 0.25) is 5.91 Å². The standard InChI is InChI=1S/C16H21N5O2S/c1-11-18-13(10-24-11)8-14(22)19-12-4-3-6-21(9-12)15-16(23)20(2)7-5-17-15/h5,7,10,12H,3-4,6,8-9H2,1-2H3,(H,19,22). The van der Waals surface area contributed by atoms with Crippen molar-refractivity contribution in [2.75, 3.05) is 18.0 Å². The van der Waals surface area contributed by atoms with E-state index in [4.69, 9.17) is 0 Å². The fourth-order valence-corrected chi connectivity index (χ4v) is 3.53. The van der Waals surface area contributed by atoms with Crippen LogP contribution in [0.5, 0.6) is 0 Å². The minimum absolute atomic E-state index is 0.0256. The van der Waals surface area contributed by atoms with Crippen LogP contribution in [0, 0.1) is 6.92 Å². The maximum absolute atomic E-state index is 12.2. The van der Waals surface area contributed by atoms with Gasteiger partial charge in [0.1, 0.15) is 0 Å². The summed E-state index contributed by atoms with van der Waals surface area (Å²) in [5.41, 5.74) is 0.698. The van der Waals surface area contributed by atoms with Gasteiger partial charge in [-0.3, -0.25) is 9.59 Å². The maximum Gasteiger partial charge on any atom is 0.293 e. The van der Waals surface area contributed by atoms with Gasteiger partial charge in [-0.2, -0.15) is 0 Å². The van der Waals surface area contributed by atoms with Gasteiger partial charge in [-0.15, -0.1) is 11.3 Å².